The van der Waals surface area contributed by atoms with Gasteiger partial charge in [0.25, 0.3) is 5.56 Å². The van der Waals surface area contributed by atoms with Crippen LogP contribution in [-0.2, 0) is 16.9 Å². The molecule has 2 aromatic heterocycles. The minimum atomic E-state index is -0.996. The van der Waals surface area contributed by atoms with E-state index in [-0.39, 0.29) is 18.0 Å². The molecule has 0 spiro atoms. The van der Waals surface area contributed by atoms with E-state index in [9.17, 15) is 14.7 Å². The van der Waals surface area contributed by atoms with Crippen molar-refractivity contribution in [2.45, 2.75) is 25.0 Å². The number of benzene rings is 2. The molecule has 166 valence electrons. The van der Waals surface area contributed by atoms with E-state index in [1.165, 1.54) is 4.68 Å². The highest BCUT2D eigenvalue weighted by Crippen LogP contribution is 2.32. The van der Waals surface area contributed by atoms with Crippen LogP contribution >= 0.6 is 0 Å². The van der Waals surface area contributed by atoms with E-state index in [0.29, 0.717) is 37.0 Å². The number of likely N-dealkylation sites (tertiary alicyclic amines) is 1. The lowest BCUT2D eigenvalue weighted by Gasteiger charge is -2.38. The molecule has 0 atom stereocenters. The van der Waals surface area contributed by atoms with Gasteiger partial charge >= 0.3 is 0 Å². The highest BCUT2D eigenvalue weighted by atomic mass is 16.3. The molecule has 1 aliphatic rings. The second-order valence-corrected chi connectivity index (χ2v) is 8.38. The van der Waals surface area contributed by atoms with Gasteiger partial charge in [0.15, 0.2) is 0 Å². The number of nitrogens with zero attached hydrogens (tertiary/aromatic N) is 4. The van der Waals surface area contributed by atoms with E-state index >= 15 is 0 Å². The van der Waals surface area contributed by atoms with Crippen molar-refractivity contribution in [3.05, 3.63) is 95.0 Å². The van der Waals surface area contributed by atoms with Crippen molar-refractivity contribution in [1.29, 1.82) is 0 Å². The molecular weight excluding hydrogens is 416 g/mol. The Labute approximate surface area is 190 Å². The topological polar surface area (TPSA) is 88.3 Å². The van der Waals surface area contributed by atoms with Gasteiger partial charge in [0.1, 0.15) is 6.54 Å². The number of rotatable bonds is 4. The second kappa shape index (κ2) is 8.60. The van der Waals surface area contributed by atoms with Gasteiger partial charge in [-0.3, -0.25) is 14.6 Å². The summed E-state index contributed by atoms with van der Waals surface area (Å²) in [6.07, 6.45) is 4.17. The maximum absolute atomic E-state index is 13.1. The Kier molecular flexibility index (Phi) is 5.48. The second-order valence-electron chi connectivity index (χ2n) is 8.38. The van der Waals surface area contributed by atoms with Gasteiger partial charge in [-0.2, -0.15) is 5.10 Å². The molecule has 5 rings (SSSR count). The molecule has 7 heteroatoms. The van der Waals surface area contributed by atoms with Crippen molar-refractivity contribution in [1.82, 2.24) is 19.7 Å². The van der Waals surface area contributed by atoms with Gasteiger partial charge in [-0.25, -0.2) is 4.68 Å². The van der Waals surface area contributed by atoms with E-state index in [0.717, 1.165) is 16.5 Å². The summed E-state index contributed by atoms with van der Waals surface area (Å²) in [6, 6.07) is 20.6. The summed E-state index contributed by atoms with van der Waals surface area (Å²) in [4.78, 5) is 32.0. The number of pyridine rings is 1. The van der Waals surface area contributed by atoms with Crippen LogP contribution in [0.25, 0.3) is 22.0 Å². The Morgan fingerprint density at radius 1 is 0.939 bits per heavy atom. The Bertz CT molecular complexity index is 1340. The lowest BCUT2D eigenvalue weighted by molar-refractivity contribution is -0.136. The average Bonchev–Trinajstić information content (AvgIpc) is 2.87. The zero-order valence-electron chi connectivity index (χ0n) is 18.1. The molecular formula is C26H24N4O3. The first kappa shape index (κ1) is 21.0. The van der Waals surface area contributed by atoms with Crippen LogP contribution in [0.5, 0.6) is 0 Å². The minimum Gasteiger partial charge on any atom is -0.385 e. The van der Waals surface area contributed by atoms with Gasteiger partial charge in [-0.15, -0.1) is 0 Å². The molecule has 1 saturated heterocycles. The molecule has 0 radical (unpaired) electrons. The van der Waals surface area contributed by atoms with E-state index in [4.69, 9.17) is 0 Å². The lowest BCUT2D eigenvalue weighted by Crippen LogP contribution is -2.47. The fourth-order valence-electron chi connectivity index (χ4n) is 4.43. The monoisotopic (exact) mass is 440 g/mol. The number of aromatic nitrogens is 3. The summed E-state index contributed by atoms with van der Waals surface area (Å²) >= 11 is 0. The van der Waals surface area contributed by atoms with Crippen LogP contribution in [0.2, 0.25) is 0 Å². The van der Waals surface area contributed by atoms with Crippen LogP contribution in [0.1, 0.15) is 18.4 Å². The van der Waals surface area contributed by atoms with Crippen molar-refractivity contribution >= 4 is 16.7 Å². The van der Waals surface area contributed by atoms with Crippen molar-refractivity contribution in [2.24, 2.45) is 0 Å². The van der Waals surface area contributed by atoms with Gasteiger partial charge < -0.3 is 10.0 Å². The average molecular weight is 441 g/mol. The zero-order chi connectivity index (χ0) is 22.8. The van der Waals surface area contributed by atoms with Crippen LogP contribution in [-0.4, -0.2) is 43.8 Å². The summed E-state index contributed by atoms with van der Waals surface area (Å²) < 4.78 is 1.26. The van der Waals surface area contributed by atoms with Gasteiger partial charge in [0.05, 0.1) is 16.7 Å². The molecule has 2 aromatic carbocycles. The van der Waals surface area contributed by atoms with E-state index in [2.05, 4.69) is 10.1 Å². The van der Waals surface area contributed by atoms with Gasteiger partial charge in [0, 0.05) is 42.0 Å². The molecule has 4 aromatic rings. The molecule has 7 nitrogen and oxygen atoms in total. The Hall–Kier alpha value is -3.84. The van der Waals surface area contributed by atoms with Crippen molar-refractivity contribution in [3.8, 4) is 11.3 Å². The molecule has 0 aliphatic carbocycles. The van der Waals surface area contributed by atoms with E-state index < -0.39 is 5.60 Å². The van der Waals surface area contributed by atoms with Crippen LogP contribution in [0, 0.1) is 0 Å². The van der Waals surface area contributed by atoms with Crippen molar-refractivity contribution in [2.75, 3.05) is 13.1 Å². The quantitative estimate of drug-likeness (QED) is 0.527. The fraction of sp³-hybridized carbons (Fsp3) is 0.231. The molecule has 0 bridgehead atoms. The third kappa shape index (κ3) is 4.03. The molecule has 3 heterocycles. The van der Waals surface area contributed by atoms with E-state index in [1.807, 2.05) is 54.6 Å². The summed E-state index contributed by atoms with van der Waals surface area (Å²) in [5, 5.41) is 16.9. The third-order valence-corrected chi connectivity index (χ3v) is 6.34. The first-order valence-corrected chi connectivity index (χ1v) is 11.0. The summed E-state index contributed by atoms with van der Waals surface area (Å²) in [5.74, 6) is -0.188. The lowest BCUT2D eigenvalue weighted by atomic mass is 9.85. The number of carbonyl (C=O) groups is 1. The predicted molar refractivity (Wildman–Crippen MR) is 125 cm³/mol. The number of amides is 1. The number of carbonyl (C=O) groups excluding carboxylic acids is 1. The molecule has 33 heavy (non-hydrogen) atoms. The van der Waals surface area contributed by atoms with Gasteiger partial charge in [-0.1, -0.05) is 54.6 Å². The molecule has 1 amide bonds. The van der Waals surface area contributed by atoms with Gasteiger partial charge in [0.2, 0.25) is 5.91 Å². The Morgan fingerprint density at radius 2 is 1.64 bits per heavy atom. The smallest absolute Gasteiger partial charge is 0.275 e. The Balaban J connectivity index is 1.40. The largest absolute Gasteiger partial charge is 0.385 e. The first-order valence-electron chi connectivity index (χ1n) is 11.0. The highest BCUT2D eigenvalue weighted by Gasteiger charge is 2.35. The number of hydrogen-bond acceptors (Lipinski definition) is 5. The van der Waals surface area contributed by atoms with Crippen LogP contribution in [0.15, 0.2) is 83.9 Å². The van der Waals surface area contributed by atoms with Crippen LogP contribution in [0.4, 0.5) is 0 Å². The van der Waals surface area contributed by atoms with Crippen LogP contribution < -0.4 is 5.56 Å². The van der Waals surface area contributed by atoms with Crippen LogP contribution in [0.3, 0.4) is 0 Å². The zero-order valence-corrected chi connectivity index (χ0v) is 18.1. The standard InChI is InChI=1S/C26H24N4O3/c31-23(29-15-12-26(33,13-16-29)20-9-6-14-27-17-20)18-30-25(32)22-11-5-4-10-21(22)24(28-30)19-7-2-1-3-8-19/h1-11,14,17,33H,12-13,15-16,18H2. The predicted octanol–water partition coefficient (Wildman–Crippen LogP) is 2.97. The van der Waals surface area contributed by atoms with E-state index in [1.54, 1.807) is 29.4 Å². The van der Waals surface area contributed by atoms with Gasteiger partial charge in [-0.05, 0) is 25.0 Å². The number of piperidine rings is 1. The maximum atomic E-state index is 13.1. The highest BCUT2D eigenvalue weighted by molar-refractivity contribution is 5.93. The molecule has 0 unspecified atom stereocenters. The summed E-state index contributed by atoms with van der Waals surface area (Å²) in [6.45, 7) is 0.658. The fourth-order valence-corrected chi connectivity index (χ4v) is 4.43. The Morgan fingerprint density at radius 3 is 2.33 bits per heavy atom. The SMILES string of the molecule is O=C(Cn1nc(-c2ccccc2)c2ccccc2c1=O)N1CCC(O)(c2cccnc2)CC1. The molecule has 1 aliphatic heterocycles. The third-order valence-electron chi connectivity index (χ3n) is 6.34. The number of fused-ring (bicyclic) bond motifs is 1. The number of aliphatic hydroxyl groups is 1. The molecule has 0 saturated carbocycles. The number of hydrogen-bond donors (Lipinski definition) is 1. The van der Waals surface area contributed by atoms with Crippen molar-refractivity contribution in [3.63, 3.8) is 0 Å². The molecule has 1 fully saturated rings. The summed E-state index contributed by atoms with van der Waals surface area (Å²) in [5.41, 5.74) is 1.03. The molecule has 1 N–H and O–H groups in total. The first-order chi connectivity index (χ1) is 16.0. The maximum Gasteiger partial charge on any atom is 0.275 e. The summed E-state index contributed by atoms with van der Waals surface area (Å²) in [7, 11) is 0. The minimum absolute atomic E-state index is 0.144. The van der Waals surface area contributed by atoms with Crippen molar-refractivity contribution < 1.29 is 9.90 Å². The normalized spacial score (nSPS) is 15.5.